The molecular weight excluding hydrogens is 324 g/mol. The Balaban J connectivity index is 1.65. The number of nitrogen functional groups attached to an aromatic ring is 1. The number of nitrogens with two attached hydrogens (primary N) is 1. The molecule has 120 valence electrons. The van der Waals surface area contributed by atoms with Crippen LogP contribution in [0.2, 0.25) is 0 Å². The minimum atomic E-state index is 0.809. The minimum Gasteiger partial charge on any atom is -0.399 e. The van der Waals surface area contributed by atoms with Crippen molar-refractivity contribution in [1.29, 1.82) is 0 Å². The van der Waals surface area contributed by atoms with E-state index in [-0.39, 0.29) is 0 Å². The van der Waals surface area contributed by atoms with Gasteiger partial charge in [-0.05, 0) is 52.4 Å². The lowest BCUT2D eigenvalue weighted by atomic mass is 9.98. The number of benzene rings is 2. The summed E-state index contributed by atoms with van der Waals surface area (Å²) in [7, 11) is 0. The normalized spacial score (nSPS) is 12.6. The predicted octanol–water partition coefficient (Wildman–Crippen LogP) is 5.62. The molecule has 0 fully saturated rings. The topological polar surface area (TPSA) is 38.9 Å². The minimum absolute atomic E-state index is 0.809. The Kier molecular flexibility index (Phi) is 3.22. The van der Waals surface area contributed by atoms with Crippen molar-refractivity contribution in [3.63, 3.8) is 0 Å². The number of hydrogen-bond acceptors (Lipinski definition) is 3. The van der Waals surface area contributed by atoms with Crippen molar-refractivity contribution in [2.75, 3.05) is 5.73 Å². The molecule has 2 heterocycles. The highest BCUT2D eigenvalue weighted by Crippen LogP contribution is 2.35. The largest absolute Gasteiger partial charge is 0.399 e. The highest BCUT2D eigenvalue weighted by Gasteiger charge is 2.13. The van der Waals surface area contributed by atoms with Crippen LogP contribution in [-0.4, -0.2) is 4.98 Å². The number of fused-ring (bicyclic) bond motifs is 3. The van der Waals surface area contributed by atoms with Gasteiger partial charge in [-0.1, -0.05) is 30.3 Å². The number of pyridine rings is 1. The average molecular weight is 340 g/mol. The van der Waals surface area contributed by atoms with Crippen molar-refractivity contribution in [1.82, 2.24) is 4.98 Å². The summed E-state index contributed by atoms with van der Waals surface area (Å²) in [6.07, 6.45) is 7.08. The van der Waals surface area contributed by atoms with Gasteiger partial charge in [0.2, 0.25) is 0 Å². The molecule has 0 saturated heterocycles. The van der Waals surface area contributed by atoms with Gasteiger partial charge >= 0.3 is 0 Å². The third-order valence-electron chi connectivity index (χ3n) is 4.76. The summed E-state index contributed by atoms with van der Waals surface area (Å²) in [6.45, 7) is 0. The Labute approximate surface area is 150 Å². The molecular formula is C22H16N2S. The van der Waals surface area contributed by atoms with Crippen molar-refractivity contribution in [2.24, 2.45) is 0 Å². The summed E-state index contributed by atoms with van der Waals surface area (Å²) in [6, 6.07) is 16.9. The third-order valence-corrected chi connectivity index (χ3v) is 5.73. The summed E-state index contributed by atoms with van der Waals surface area (Å²) in [5.41, 5.74) is 14.0. The molecule has 2 N–H and O–H groups in total. The SMILES string of the molecule is Nc1ccc2c(c1)Cc1cc(-c3csc4ccccc34)cnc1C=C2. The molecule has 5 rings (SSSR count). The summed E-state index contributed by atoms with van der Waals surface area (Å²) in [5, 5.41) is 3.52. The van der Waals surface area contributed by atoms with Crippen molar-refractivity contribution >= 4 is 39.3 Å². The van der Waals surface area contributed by atoms with E-state index in [1.165, 1.54) is 37.9 Å². The molecule has 0 atom stereocenters. The molecule has 0 amide bonds. The van der Waals surface area contributed by atoms with Crippen LogP contribution in [0.25, 0.3) is 33.4 Å². The molecule has 2 aromatic heterocycles. The van der Waals surface area contributed by atoms with Gasteiger partial charge in [0.05, 0.1) is 5.69 Å². The van der Waals surface area contributed by atoms with Crippen LogP contribution in [0.3, 0.4) is 0 Å². The first-order valence-corrected chi connectivity index (χ1v) is 9.18. The fraction of sp³-hybridized carbons (Fsp3) is 0.0455. The van der Waals surface area contributed by atoms with E-state index < -0.39 is 0 Å². The first kappa shape index (κ1) is 14.4. The highest BCUT2D eigenvalue weighted by molar-refractivity contribution is 7.17. The summed E-state index contributed by atoms with van der Waals surface area (Å²) < 4.78 is 1.31. The second kappa shape index (κ2) is 5.57. The number of rotatable bonds is 1. The van der Waals surface area contributed by atoms with Crippen LogP contribution in [0.5, 0.6) is 0 Å². The van der Waals surface area contributed by atoms with E-state index in [1.54, 1.807) is 11.3 Å². The van der Waals surface area contributed by atoms with Crippen LogP contribution in [0, 0.1) is 0 Å². The van der Waals surface area contributed by atoms with Gasteiger partial charge in [0.1, 0.15) is 0 Å². The van der Waals surface area contributed by atoms with E-state index >= 15 is 0 Å². The van der Waals surface area contributed by atoms with Crippen molar-refractivity contribution in [2.45, 2.75) is 6.42 Å². The fourth-order valence-corrected chi connectivity index (χ4v) is 4.45. The van der Waals surface area contributed by atoms with Gasteiger partial charge in [-0.25, -0.2) is 0 Å². The van der Waals surface area contributed by atoms with Gasteiger partial charge in [-0.3, -0.25) is 4.98 Å². The zero-order chi connectivity index (χ0) is 16.8. The quantitative estimate of drug-likeness (QED) is 0.402. The molecule has 0 bridgehead atoms. The molecule has 2 nitrogen and oxygen atoms in total. The van der Waals surface area contributed by atoms with Crippen LogP contribution in [0.1, 0.15) is 22.4 Å². The van der Waals surface area contributed by atoms with E-state index in [4.69, 9.17) is 10.7 Å². The van der Waals surface area contributed by atoms with Gasteiger partial charge < -0.3 is 5.73 Å². The lowest BCUT2D eigenvalue weighted by Gasteiger charge is -2.09. The number of nitrogens with zero attached hydrogens (tertiary/aromatic N) is 1. The fourth-order valence-electron chi connectivity index (χ4n) is 3.48. The van der Waals surface area contributed by atoms with Gasteiger partial charge in [0.15, 0.2) is 0 Å². The Hall–Kier alpha value is -2.91. The summed E-state index contributed by atoms with van der Waals surface area (Å²) in [5.74, 6) is 0. The highest BCUT2D eigenvalue weighted by atomic mass is 32.1. The van der Waals surface area contributed by atoms with E-state index in [1.807, 2.05) is 12.3 Å². The number of aromatic nitrogens is 1. The molecule has 0 aliphatic heterocycles. The Bertz CT molecular complexity index is 1140. The molecule has 4 aromatic rings. The van der Waals surface area contributed by atoms with Gasteiger partial charge in [0, 0.05) is 39.5 Å². The number of hydrogen-bond donors (Lipinski definition) is 1. The molecule has 0 spiro atoms. The first-order valence-electron chi connectivity index (χ1n) is 8.30. The Morgan fingerprint density at radius 3 is 2.84 bits per heavy atom. The molecule has 0 unspecified atom stereocenters. The maximum atomic E-state index is 5.98. The van der Waals surface area contributed by atoms with Gasteiger partial charge in [0.25, 0.3) is 0 Å². The predicted molar refractivity (Wildman–Crippen MR) is 108 cm³/mol. The Morgan fingerprint density at radius 2 is 1.88 bits per heavy atom. The smallest absolute Gasteiger partial charge is 0.0665 e. The third kappa shape index (κ3) is 2.44. The number of thiophene rings is 1. The zero-order valence-corrected chi connectivity index (χ0v) is 14.4. The van der Waals surface area contributed by atoms with Gasteiger partial charge in [-0.15, -0.1) is 11.3 Å². The summed E-state index contributed by atoms with van der Waals surface area (Å²) in [4.78, 5) is 4.73. The standard InChI is InChI=1S/C22H16N2S/c23-18-7-5-14-6-8-21-16(9-15(14)11-18)10-17(12-24-21)20-13-25-22-4-2-1-3-19(20)22/h1-8,10-13H,9,23H2. The molecule has 0 radical (unpaired) electrons. The molecule has 3 heteroatoms. The lowest BCUT2D eigenvalue weighted by Crippen LogP contribution is -1.96. The molecule has 1 aliphatic rings. The van der Waals surface area contributed by atoms with Gasteiger partial charge in [-0.2, -0.15) is 0 Å². The van der Waals surface area contributed by atoms with E-state index in [9.17, 15) is 0 Å². The second-order valence-corrected chi connectivity index (χ2v) is 7.29. The maximum absolute atomic E-state index is 5.98. The van der Waals surface area contributed by atoms with Crippen LogP contribution in [-0.2, 0) is 6.42 Å². The van der Waals surface area contributed by atoms with Crippen LogP contribution in [0.4, 0.5) is 5.69 Å². The second-order valence-electron chi connectivity index (χ2n) is 6.38. The molecule has 0 saturated carbocycles. The van der Waals surface area contributed by atoms with E-state index in [0.29, 0.717) is 0 Å². The zero-order valence-electron chi connectivity index (χ0n) is 13.6. The monoisotopic (exact) mass is 340 g/mol. The first-order chi connectivity index (χ1) is 12.3. The van der Waals surface area contributed by atoms with Crippen LogP contribution < -0.4 is 5.73 Å². The van der Waals surface area contributed by atoms with E-state index in [2.05, 4.69) is 60.0 Å². The van der Waals surface area contributed by atoms with Crippen molar-refractivity contribution in [3.8, 4) is 11.1 Å². The van der Waals surface area contributed by atoms with Crippen LogP contribution in [0.15, 0.2) is 60.1 Å². The molecule has 25 heavy (non-hydrogen) atoms. The number of anilines is 1. The van der Waals surface area contributed by atoms with E-state index in [0.717, 1.165) is 17.8 Å². The average Bonchev–Trinajstić information content (AvgIpc) is 2.97. The maximum Gasteiger partial charge on any atom is 0.0665 e. The summed E-state index contributed by atoms with van der Waals surface area (Å²) >= 11 is 1.78. The molecule has 2 aromatic carbocycles. The van der Waals surface area contributed by atoms with Crippen LogP contribution >= 0.6 is 11.3 Å². The van der Waals surface area contributed by atoms with Crippen molar-refractivity contribution in [3.05, 3.63) is 82.5 Å². The lowest BCUT2D eigenvalue weighted by molar-refractivity contribution is 1.14. The Morgan fingerprint density at radius 1 is 0.960 bits per heavy atom. The molecule has 1 aliphatic carbocycles. The van der Waals surface area contributed by atoms with Crippen molar-refractivity contribution < 1.29 is 0 Å².